The second-order valence-electron chi connectivity index (χ2n) is 3.55. The minimum Gasteiger partial charge on any atom is -0.299 e. The first-order chi connectivity index (χ1) is 8.28. The van der Waals surface area contributed by atoms with E-state index in [9.17, 15) is 4.79 Å². The van der Waals surface area contributed by atoms with Crippen LogP contribution < -0.4 is 0 Å². The highest BCUT2D eigenvalue weighted by molar-refractivity contribution is 14.3. The van der Waals surface area contributed by atoms with Crippen LogP contribution >= 0.6 is 83.7 Å². The summed E-state index contributed by atoms with van der Waals surface area (Å²) in [7, 11) is 0. The van der Waals surface area contributed by atoms with Crippen molar-refractivity contribution in [1.29, 1.82) is 0 Å². The largest absolute Gasteiger partial charge is 0.299 e. The van der Waals surface area contributed by atoms with E-state index in [1.54, 1.807) is 12.4 Å². The van der Waals surface area contributed by atoms with Crippen LogP contribution in [0.4, 0.5) is 0 Å². The third kappa shape index (κ3) is 11.3. The van der Waals surface area contributed by atoms with Gasteiger partial charge < -0.3 is 0 Å². The molecule has 18 heavy (non-hydrogen) atoms. The van der Waals surface area contributed by atoms with Crippen molar-refractivity contribution in [2.24, 2.45) is 0 Å². The molecule has 0 amide bonds. The summed E-state index contributed by atoms with van der Waals surface area (Å²) in [5, 5.41) is 0. The van der Waals surface area contributed by atoms with Crippen LogP contribution in [-0.2, 0) is 11.2 Å². The lowest BCUT2D eigenvalue weighted by molar-refractivity contribution is -0.118. The van der Waals surface area contributed by atoms with Crippen molar-refractivity contribution >= 4 is 89.5 Å². The molecule has 6 heteroatoms. The maximum Gasteiger partial charge on any atom is 0.137 e. The Balaban J connectivity index is 0.000000411. The lowest BCUT2D eigenvalue weighted by Crippen LogP contribution is -2.00. The van der Waals surface area contributed by atoms with E-state index in [4.69, 9.17) is 0 Å². The summed E-state index contributed by atoms with van der Waals surface area (Å²) < 4.78 is 1.37. The van der Waals surface area contributed by atoms with Gasteiger partial charge in [-0.2, -0.15) is 0 Å². The summed E-state index contributed by atoms with van der Waals surface area (Å²) in [5.41, 5.74) is 0.969. The van der Waals surface area contributed by atoms with Crippen LogP contribution in [0.2, 0.25) is 0 Å². The minimum atomic E-state index is 0.245. The second kappa shape index (κ2) is 10.3. The highest BCUT2D eigenvalue weighted by Gasteiger charge is 2.11. The molecule has 2 nitrogen and oxygen atoms in total. The van der Waals surface area contributed by atoms with Gasteiger partial charge in [-0.1, -0.05) is 81.6 Å². The van der Waals surface area contributed by atoms with Crippen molar-refractivity contribution in [2.75, 3.05) is 0 Å². The monoisotopic (exact) mass is 649 g/mol. The van der Waals surface area contributed by atoms with Crippen LogP contribution in [0.3, 0.4) is 0 Å². The Bertz CT molecular complexity index is 380. The molecule has 1 aromatic heterocycles. The number of pyridine rings is 1. The summed E-state index contributed by atoms with van der Waals surface area (Å²) in [5.74, 6) is 0.245. The Morgan fingerprint density at radius 3 is 2.28 bits per heavy atom. The number of aromatic nitrogens is 1. The summed E-state index contributed by atoms with van der Waals surface area (Å²) in [6, 6.07) is 1.92. The normalized spacial score (nSPS) is 10.6. The van der Waals surface area contributed by atoms with Gasteiger partial charge >= 0.3 is 0 Å². The standard InChI is InChI=1S/C9H10BrNO.C3H5I3/c1-2-9(12)4-7-3-8(10)6-11-5-7;1-2-3(4,5)6/h3,5-6H,2,4H2,1H3;2H2,1H3. The molecule has 0 N–H and O–H groups in total. The molecule has 0 aliphatic carbocycles. The number of alkyl halides is 3. The van der Waals surface area contributed by atoms with E-state index in [0.717, 1.165) is 10.0 Å². The van der Waals surface area contributed by atoms with Crippen LogP contribution in [0, 0.1) is 0 Å². The van der Waals surface area contributed by atoms with Crippen LogP contribution in [0.5, 0.6) is 0 Å². The van der Waals surface area contributed by atoms with Crippen molar-refractivity contribution in [1.82, 2.24) is 4.98 Å². The van der Waals surface area contributed by atoms with Gasteiger partial charge in [-0.15, -0.1) is 0 Å². The molecule has 102 valence electrons. The molecule has 0 saturated carbocycles. The molecule has 0 unspecified atom stereocenters. The fraction of sp³-hybridized carbons (Fsp3) is 0.500. The number of hydrogen-bond acceptors (Lipinski definition) is 2. The second-order valence-corrected chi connectivity index (χ2v) is 16.2. The minimum absolute atomic E-state index is 0.245. The average molecular weight is 650 g/mol. The number of ketones is 1. The predicted octanol–water partition coefficient (Wildman–Crippen LogP) is 5.72. The van der Waals surface area contributed by atoms with E-state index in [-0.39, 0.29) is 5.78 Å². The molecule has 1 aromatic rings. The fourth-order valence-corrected chi connectivity index (χ4v) is 1.32. The Hall–Kier alpha value is 1.49. The maximum atomic E-state index is 11.0. The molecule has 1 rings (SSSR count). The molecule has 0 spiro atoms. The first-order valence-corrected chi connectivity index (χ1v) is 9.49. The summed E-state index contributed by atoms with van der Waals surface area (Å²) >= 11 is 10.5. The van der Waals surface area contributed by atoms with E-state index in [2.05, 4.69) is 95.6 Å². The maximum absolute atomic E-state index is 11.0. The molecule has 0 aliphatic heterocycles. The van der Waals surface area contributed by atoms with E-state index in [0.29, 0.717) is 12.3 Å². The first-order valence-electron chi connectivity index (χ1n) is 5.46. The van der Waals surface area contributed by atoms with Crippen LogP contribution in [0.15, 0.2) is 22.9 Å². The Kier molecular flexibility index (Phi) is 11.1. The molecule has 0 aliphatic rings. The smallest absolute Gasteiger partial charge is 0.137 e. The number of Topliss-reactive ketones (excluding diaryl/α,β-unsaturated/α-hetero) is 1. The molecular weight excluding hydrogens is 635 g/mol. The van der Waals surface area contributed by atoms with Gasteiger partial charge in [-0.3, -0.25) is 9.78 Å². The number of carbonyl (C=O) groups excluding carboxylic acids is 1. The summed E-state index contributed by atoms with van der Waals surface area (Å²) in [6.07, 6.45) is 5.74. The van der Waals surface area contributed by atoms with Crippen molar-refractivity contribution in [3.63, 3.8) is 0 Å². The molecule has 0 atom stereocenters. The van der Waals surface area contributed by atoms with Gasteiger partial charge in [-0.05, 0) is 34.0 Å². The molecule has 1 heterocycles. The van der Waals surface area contributed by atoms with E-state index in [1.807, 2.05) is 13.0 Å². The highest BCUT2D eigenvalue weighted by Crippen LogP contribution is 2.38. The van der Waals surface area contributed by atoms with Crippen LogP contribution in [0.25, 0.3) is 0 Å². The van der Waals surface area contributed by atoms with Gasteiger partial charge in [0.1, 0.15) is 5.22 Å². The van der Waals surface area contributed by atoms with Gasteiger partial charge in [0, 0.05) is 29.7 Å². The molecular formula is C12H15BrI3NO. The average Bonchev–Trinajstić information content (AvgIpc) is 2.29. The number of halogens is 4. The van der Waals surface area contributed by atoms with E-state index >= 15 is 0 Å². The number of nitrogens with zero attached hydrogens (tertiary/aromatic N) is 1. The van der Waals surface area contributed by atoms with Gasteiger partial charge in [0.15, 0.2) is 0 Å². The Labute approximate surface area is 158 Å². The zero-order valence-electron chi connectivity index (χ0n) is 10.2. The molecule has 0 saturated heterocycles. The van der Waals surface area contributed by atoms with Gasteiger partial charge in [0.05, 0.1) is 0 Å². The number of hydrogen-bond donors (Lipinski definition) is 0. The molecule has 0 fully saturated rings. The Morgan fingerprint density at radius 2 is 1.89 bits per heavy atom. The summed E-state index contributed by atoms with van der Waals surface area (Å²) in [6.45, 7) is 4.05. The highest BCUT2D eigenvalue weighted by atomic mass is 127. The summed E-state index contributed by atoms with van der Waals surface area (Å²) in [4.78, 5) is 15.0. The van der Waals surface area contributed by atoms with Crippen molar-refractivity contribution in [3.05, 3.63) is 28.5 Å². The van der Waals surface area contributed by atoms with Crippen molar-refractivity contribution < 1.29 is 4.79 Å². The molecule has 0 aromatic carbocycles. The topological polar surface area (TPSA) is 30.0 Å². The zero-order valence-corrected chi connectivity index (χ0v) is 18.3. The van der Waals surface area contributed by atoms with Gasteiger partial charge in [0.25, 0.3) is 0 Å². The fourth-order valence-electron chi connectivity index (χ4n) is 0.905. The third-order valence-corrected chi connectivity index (χ3v) is 4.68. The van der Waals surface area contributed by atoms with Crippen LogP contribution in [0.1, 0.15) is 32.3 Å². The SMILES string of the molecule is CCC(=O)Cc1cncc(Br)c1.CCC(I)(I)I. The van der Waals surface area contributed by atoms with Gasteiger partial charge in [-0.25, -0.2) is 0 Å². The quantitative estimate of drug-likeness (QED) is 0.309. The zero-order chi connectivity index (χ0) is 14.2. The van der Waals surface area contributed by atoms with Crippen molar-refractivity contribution in [3.8, 4) is 0 Å². The number of carbonyl (C=O) groups is 1. The molecule has 0 bridgehead atoms. The lowest BCUT2D eigenvalue weighted by Gasteiger charge is -2.04. The lowest BCUT2D eigenvalue weighted by atomic mass is 10.1. The van der Waals surface area contributed by atoms with Gasteiger partial charge in [0.2, 0.25) is 0 Å². The first kappa shape index (κ1) is 19.5. The Morgan fingerprint density at radius 1 is 1.33 bits per heavy atom. The van der Waals surface area contributed by atoms with Crippen LogP contribution in [-0.4, -0.2) is 10.2 Å². The van der Waals surface area contributed by atoms with Crippen molar-refractivity contribution in [2.45, 2.75) is 32.5 Å². The number of rotatable bonds is 4. The predicted molar refractivity (Wildman–Crippen MR) is 106 cm³/mol. The van der Waals surface area contributed by atoms with E-state index in [1.165, 1.54) is 6.42 Å². The third-order valence-electron chi connectivity index (χ3n) is 1.96. The van der Waals surface area contributed by atoms with E-state index < -0.39 is 0 Å². The molecule has 0 radical (unpaired) electrons.